The van der Waals surface area contributed by atoms with Crippen LogP contribution in [0.1, 0.15) is 11.1 Å². The molecule has 1 heterocycles. The van der Waals surface area contributed by atoms with E-state index in [0.717, 1.165) is 23.2 Å². The minimum Gasteiger partial charge on any atom is -0.481 e. The van der Waals surface area contributed by atoms with Crippen molar-refractivity contribution in [2.45, 2.75) is 6.54 Å². The van der Waals surface area contributed by atoms with Crippen LogP contribution in [0.3, 0.4) is 0 Å². The lowest BCUT2D eigenvalue weighted by molar-refractivity contribution is -0.384. The van der Waals surface area contributed by atoms with Crippen LogP contribution in [0.5, 0.6) is 5.75 Å². The monoisotopic (exact) mass is 432 g/mol. The van der Waals surface area contributed by atoms with Crippen LogP contribution in [0.2, 0.25) is 0 Å². The first-order valence-corrected chi connectivity index (χ1v) is 10.6. The van der Waals surface area contributed by atoms with Crippen molar-refractivity contribution >= 4 is 27.5 Å². The van der Waals surface area contributed by atoms with Crippen LogP contribution >= 0.6 is 0 Å². The number of nitro groups is 1. The molecule has 0 spiro atoms. The van der Waals surface area contributed by atoms with Crippen molar-refractivity contribution in [3.8, 4) is 17.6 Å². The SMILES string of the molecule is O=[N+]([O-])c1ccc(C#CCOc2ccc3c(c2)c2ccccc2n3Cc2ccccc2)cc1. The van der Waals surface area contributed by atoms with Crippen LogP contribution in [0, 0.1) is 22.0 Å². The van der Waals surface area contributed by atoms with Gasteiger partial charge in [0.25, 0.3) is 5.69 Å². The molecule has 4 aromatic carbocycles. The molecule has 0 aliphatic carbocycles. The van der Waals surface area contributed by atoms with Crippen LogP contribution in [0.4, 0.5) is 5.69 Å². The van der Waals surface area contributed by atoms with Crippen molar-refractivity contribution in [2.75, 3.05) is 6.61 Å². The Morgan fingerprint density at radius 3 is 2.33 bits per heavy atom. The van der Waals surface area contributed by atoms with Gasteiger partial charge in [0.15, 0.2) is 0 Å². The first kappa shape index (κ1) is 20.3. The molecular formula is C28H20N2O3. The van der Waals surface area contributed by atoms with Crippen molar-refractivity contribution in [3.63, 3.8) is 0 Å². The third kappa shape index (κ3) is 4.28. The van der Waals surface area contributed by atoms with Gasteiger partial charge < -0.3 is 9.30 Å². The zero-order valence-electron chi connectivity index (χ0n) is 17.8. The average molecular weight is 432 g/mol. The topological polar surface area (TPSA) is 57.3 Å². The van der Waals surface area contributed by atoms with Crippen LogP contribution in [0.15, 0.2) is 97.1 Å². The second kappa shape index (κ2) is 8.89. The van der Waals surface area contributed by atoms with E-state index in [1.165, 1.54) is 28.6 Å². The van der Waals surface area contributed by atoms with Crippen molar-refractivity contribution < 1.29 is 9.66 Å². The third-order valence-electron chi connectivity index (χ3n) is 5.55. The Balaban J connectivity index is 1.39. The van der Waals surface area contributed by atoms with Gasteiger partial charge in [-0.15, -0.1) is 0 Å². The Bertz CT molecular complexity index is 1510. The molecule has 0 fully saturated rings. The van der Waals surface area contributed by atoms with E-state index in [9.17, 15) is 10.1 Å². The Morgan fingerprint density at radius 2 is 1.55 bits per heavy atom. The summed E-state index contributed by atoms with van der Waals surface area (Å²) < 4.78 is 8.21. The molecule has 33 heavy (non-hydrogen) atoms. The van der Waals surface area contributed by atoms with Crippen LogP contribution in [-0.2, 0) is 6.54 Å². The summed E-state index contributed by atoms with van der Waals surface area (Å²) >= 11 is 0. The zero-order chi connectivity index (χ0) is 22.6. The summed E-state index contributed by atoms with van der Waals surface area (Å²) in [4.78, 5) is 10.3. The lowest BCUT2D eigenvalue weighted by Gasteiger charge is -2.08. The summed E-state index contributed by atoms with van der Waals surface area (Å²) in [6.45, 7) is 1.02. The first-order chi connectivity index (χ1) is 16.2. The van der Waals surface area contributed by atoms with Gasteiger partial charge >= 0.3 is 0 Å². The highest BCUT2D eigenvalue weighted by molar-refractivity contribution is 6.08. The van der Waals surface area contributed by atoms with Crippen molar-refractivity contribution in [1.82, 2.24) is 4.57 Å². The molecule has 0 N–H and O–H groups in total. The predicted molar refractivity (Wildman–Crippen MR) is 130 cm³/mol. The molecule has 0 aliphatic rings. The fraction of sp³-hybridized carbons (Fsp3) is 0.0714. The van der Waals surface area contributed by atoms with E-state index in [1.807, 2.05) is 12.1 Å². The summed E-state index contributed by atoms with van der Waals surface area (Å²) in [6.07, 6.45) is 0. The molecule has 5 aromatic rings. The number of non-ortho nitro benzene ring substituents is 1. The van der Waals surface area contributed by atoms with Crippen LogP contribution < -0.4 is 4.74 Å². The highest BCUT2D eigenvalue weighted by atomic mass is 16.6. The molecule has 0 saturated heterocycles. The molecule has 0 radical (unpaired) electrons. The first-order valence-electron chi connectivity index (χ1n) is 10.6. The molecule has 1 aromatic heterocycles. The van der Waals surface area contributed by atoms with Gasteiger partial charge in [-0.25, -0.2) is 0 Å². The molecule has 0 amide bonds. The van der Waals surface area contributed by atoms with Gasteiger partial charge in [0.2, 0.25) is 0 Å². The minimum absolute atomic E-state index is 0.0523. The van der Waals surface area contributed by atoms with Gasteiger partial charge in [-0.1, -0.05) is 60.4 Å². The molecular weight excluding hydrogens is 412 g/mol. The van der Waals surface area contributed by atoms with Crippen molar-refractivity contribution in [1.29, 1.82) is 0 Å². The van der Waals surface area contributed by atoms with Gasteiger partial charge in [-0.2, -0.15) is 0 Å². The summed E-state index contributed by atoms with van der Waals surface area (Å²) in [5.41, 5.74) is 4.36. The number of ether oxygens (including phenoxy) is 1. The van der Waals surface area contributed by atoms with E-state index in [2.05, 4.69) is 77.1 Å². The van der Waals surface area contributed by atoms with E-state index in [4.69, 9.17) is 4.74 Å². The highest BCUT2D eigenvalue weighted by Gasteiger charge is 2.11. The molecule has 5 rings (SSSR count). The van der Waals surface area contributed by atoms with E-state index in [0.29, 0.717) is 5.56 Å². The second-order valence-electron chi connectivity index (χ2n) is 7.66. The molecule has 0 unspecified atom stereocenters. The Morgan fingerprint density at radius 1 is 0.818 bits per heavy atom. The van der Waals surface area contributed by atoms with Gasteiger partial charge in [0.1, 0.15) is 12.4 Å². The standard InChI is InChI=1S/C28H20N2O3/c31-30(32)23-14-12-21(13-15-23)9-6-18-33-24-16-17-28-26(19-24)25-10-4-5-11-27(25)29(28)20-22-7-2-1-3-8-22/h1-5,7-8,10-17,19H,18,20H2. The van der Waals surface area contributed by atoms with E-state index < -0.39 is 4.92 Å². The average Bonchev–Trinajstić information content (AvgIpc) is 3.16. The normalized spacial score (nSPS) is 10.7. The fourth-order valence-electron chi connectivity index (χ4n) is 3.98. The number of fused-ring (bicyclic) bond motifs is 3. The number of aromatic nitrogens is 1. The molecule has 160 valence electrons. The Kier molecular flexibility index (Phi) is 5.48. The lowest BCUT2D eigenvalue weighted by Crippen LogP contribution is -1.99. The maximum Gasteiger partial charge on any atom is 0.269 e. The van der Waals surface area contributed by atoms with Gasteiger partial charge in [-0.05, 0) is 42.0 Å². The van der Waals surface area contributed by atoms with Crippen molar-refractivity contribution in [2.24, 2.45) is 0 Å². The highest BCUT2D eigenvalue weighted by Crippen LogP contribution is 2.32. The van der Waals surface area contributed by atoms with Crippen LogP contribution in [-0.4, -0.2) is 16.1 Å². The summed E-state index contributed by atoms with van der Waals surface area (Å²) in [5.74, 6) is 6.71. The quantitative estimate of drug-likeness (QED) is 0.189. The van der Waals surface area contributed by atoms with Gasteiger partial charge in [-0.3, -0.25) is 10.1 Å². The molecule has 5 heteroatoms. The van der Waals surface area contributed by atoms with E-state index in [-0.39, 0.29) is 12.3 Å². The maximum absolute atomic E-state index is 10.7. The van der Waals surface area contributed by atoms with Crippen molar-refractivity contribution in [3.05, 3.63) is 118 Å². The predicted octanol–water partition coefficient (Wildman–Crippen LogP) is 6.18. The summed E-state index contributed by atoms with van der Waals surface area (Å²) in [5, 5.41) is 13.1. The zero-order valence-corrected chi connectivity index (χ0v) is 17.8. The number of para-hydroxylation sites is 1. The number of benzene rings is 4. The third-order valence-corrected chi connectivity index (χ3v) is 5.55. The fourth-order valence-corrected chi connectivity index (χ4v) is 3.98. The number of hydrogen-bond acceptors (Lipinski definition) is 3. The number of nitrogens with zero attached hydrogens (tertiary/aromatic N) is 2. The van der Waals surface area contributed by atoms with Crippen LogP contribution in [0.25, 0.3) is 21.8 Å². The Labute approximate surface area is 191 Å². The maximum atomic E-state index is 10.7. The molecule has 0 aliphatic heterocycles. The number of rotatable bonds is 5. The number of nitro benzene ring substituents is 1. The summed E-state index contributed by atoms with van der Waals surface area (Å²) in [7, 11) is 0. The molecule has 5 nitrogen and oxygen atoms in total. The molecule has 0 atom stereocenters. The summed E-state index contributed by atoms with van der Waals surface area (Å²) in [6, 6.07) is 31.1. The second-order valence-corrected chi connectivity index (χ2v) is 7.66. The number of hydrogen-bond donors (Lipinski definition) is 0. The Hall–Kier alpha value is -4.56. The largest absolute Gasteiger partial charge is 0.481 e. The van der Waals surface area contributed by atoms with E-state index >= 15 is 0 Å². The van der Waals surface area contributed by atoms with E-state index in [1.54, 1.807) is 12.1 Å². The molecule has 0 bridgehead atoms. The lowest BCUT2D eigenvalue weighted by atomic mass is 10.1. The molecule has 0 saturated carbocycles. The van der Waals surface area contributed by atoms with Gasteiger partial charge in [0, 0.05) is 46.0 Å². The smallest absolute Gasteiger partial charge is 0.269 e. The van der Waals surface area contributed by atoms with Gasteiger partial charge in [0.05, 0.1) is 4.92 Å². The minimum atomic E-state index is -0.423.